The summed E-state index contributed by atoms with van der Waals surface area (Å²) in [5, 5.41) is 18.0. The van der Waals surface area contributed by atoms with Crippen LogP contribution in [0.25, 0.3) is 0 Å². The molecule has 1 aliphatic rings. The highest BCUT2D eigenvalue weighted by atomic mass is 32.2. The van der Waals surface area contributed by atoms with Gasteiger partial charge in [-0.05, 0) is 18.8 Å². The summed E-state index contributed by atoms with van der Waals surface area (Å²) < 4.78 is 27.3. The summed E-state index contributed by atoms with van der Waals surface area (Å²) in [4.78, 5) is 0. The van der Waals surface area contributed by atoms with Crippen LogP contribution in [0.1, 0.15) is 26.7 Å². The van der Waals surface area contributed by atoms with Gasteiger partial charge < -0.3 is 5.11 Å². The van der Waals surface area contributed by atoms with Crippen LogP contribution in [-0.4, -0.2) is 57.3 Å². The van der Waals surface area contributed by atoms with Gasteiger partial charge in [-0.25, -0.2) is 13.1 Å². The van der Waals surface area contributed by atoms with Gasteiger partial charge in [-0.2, -0.15) is 4.31 Å². The van der Waals surface area contributed by atoms with Crippen molar-refractivity contribution in [2.24, 2.45) is 5.92 Å². The topological polar surface area (TPSA) is 88.3 Å². The lowest BCUT2D eigenvalue weighted by atomic mass is 10.0. The molecule has 0 amide bonds. The lowest BCUT2D eigenvalue weighted by Gasteiger charge is -2.23. The molecule has 114 valence electrons. The zero-order chi connectivity index (χ0) is 14.8. The minimum Gasteiger partial charge on any atom is -0.387 e. The second kappa shape index (κ2) is 5.79. The van der Waals surface area contributed by atoms with Gasteiger partial charge in [-0.3, -0.25) is 0 Å². The van der Waals surface area contributed by atoms with E-state index in [1.54, 1.807) is 6.20 Å². The van der Waals surface area contributed by atoms with E-state index in [0.717, 1.165) is 0 Å². The summed E-state index contributed by atoms with van der Waals surface area (Å²) >= 11 is 0. The third kappa shape index (κ3) is 3.77. The second-order valence-corrected chi connectivity index (χ2v) is 8.00. The zero-order valence-corrected chi connectivity index (χ0v) is 12.8. The van der Waals surface area contributed by atoms with Crippen molar-refractivity contribution in [1.82, 2.24) is 19.3 Å². The Morgan fingerprint density at radius 1 is 1.45 bits per heavy atom. The van der Waals surface area contributed by atoms with Crippen LogP contribution in [0, 0.1) is 5.92 Å². The molecule has 0 bridgehead atoms. The number of hydrogen-bond donors (Lipinski definition) is 1. The number of β-amino-alcohol motifs (C(OH)–C–C–N with tert-alkyl or cyclic N) is 1. The van der Waals surface area contributed by atoms with E-state index in [1.807, 2.05) is 13.8 Å². The molecule has 20 heavy (non-hydrogen) atoms. The molecule has 0 spiro atoms. The summed E-state index contributed by atoms with van der Waals surface area (Å²) in [6.07, 6.45) is 4.26. The molecule has 1 saturated heterocycles. The molecule has 1 fully saturated rings. The van der Waals surface area contributed by atoms with E-state index in [0.29, 0.717) is 25.3 Å². The molecular formula is C12H22N4O3S. The fraction of sp³-hybridized carbons (Fsp3) is 0.833. The summed E-state index contributed by atoms with van der Waals surface area (Å²) in [6, 6.07) is 0. The number of hydrogen-bond acceptors (Lipinski definition) is 5. The maximum atomic E-state index is 12.2. The van der Waals surface area contributed by atoms with E-state index in [2.05, 4.69) is 10.3 Å². The van der Waals surface area contributed by atoms with Crippen molar-refractivity contribution in [3.63, 3.8) is 0 Å². The minimum absolute atomic E-state index is 0.132. The molecule has 1 unspecified atom stereocenters. The number of aliphatic hydroxyl groups is 1. The van der Waals surface area contributed by atoms with Gasteiger partial charge in [0.2, 0.25) is 10.0 Å². The van der Waals surface area contributed by atoms with Crippen LogP contribution in [0.15, 0.2) is 12.4 Å². The summed E-state index contributed by atoms with van der Waals surface area (Å²) in [5.74, 6) is 0.491. The third-order valence-corrected chi connectivity index (χ3v) is 5.42. The Labute approximate surface area is 119 Å². The molecule has 0 radical (unpaired) electrons. The van der Waals surface area contributed by atoms with Crippen LogP contribution in [0.2, 0.25) is 0 Å². The monoisotopic (exact) mass is 302 g/mol. The van der Waals surface area contributed by atoms with Crippen LogP contribution in [0.5, 0.6) is 0 Å². The van der Waals surface area contributed by atoms with Crippen molar-refractivity contribution in [1.29, 1.82) is 0 Å². The van der Waals surface area contributed by atoms with Crippen LogP contribution in [-0.2, 0) is 16.6 Å². The predicted octanol–water partition coefficient (Wildman–Crippen LogP) is 0.0908. The molecule has 1 atom stereocenters. The van der Waals surface area contributed by atoms with Gasteiger partial charge in [-0.15, -0.1) is 5.10 Å². The molecule has 1 aromatic rings. The Hall–Kier alpha value is -0.990. The van der Waals surface area contributed by atoms with Gasteiger partial charge in [-0.1, -0.05) is 19.1 Å². The first-order valence-electron chi connectivity index (χ1n) is 6.85. The first-order valence-corrected chi connectivity index (χ1v) is 8.46. The van der Waals surface area contributed by atoms with Gasteiger partial charge in [0.05, 0.1) is 24.1 Å². The Morgan fingerprint density at radius 3 is 2.80 bits per heavy atom. The third-order valence-electron chi connectivity index (χ3n) is 3.57. The smallest absolute Gasteiger partial charge is 0.214 e. The van der Waals surface area contributed by atoms with Crippen molar-refractivity contribution >= 4 is 10.0 Å². The Morgan fingerprint density at radius 2 is 2.20 bits per heavy atom. The highest BCUT2D eigenvalue weighted by molar-refractivity contribution is 7.89. The second-order valence-electron chi connectivity index (χ2n) is 5.91. The first kappa shape index (κ1) is 15.4. The van der Waals surface area contributed by atoms with Crippen molar-refractivity contribution < 1.29 is 13.5 Å². The lowest BCUT2D eigenvalue weighted by molar-refractivity contribution is 0.0341. The molecule has 7 nitrogen and oxygen atoms in total. The van der Waals surface area contributed by atoms with E-state index in [4.69, 9.17) is 0 Å². The van der Waals surface area contributed by atoms with Crippen LogP contribution < -0.4 is 0 Å². The van der Waals surface area contributed by atoms with Crippen molar-refractivity contribution in [2.75, 3.05) is 18.8 Å². The number of nitrogens with zero attached hydrogens (tertiary/aromatic N) is 4. The predicted molar refractivity (Wildman–Crippen MR) is 74.4 cm³/mol. The lowest BCUT2D eigenvalue weighted by Crippen LogP contribution is -2.40. The quantitative estimate of drug-likeness (QED) is 0.804. The molecule has 1 N–H and O–H groups in total. The molecule has 0 aliphatic carbocycles. The fourth-order valence-electron chi connectivity index (χ4n) is 2.32. The number of sulfonamides is 1. The zero-order valence-electron chi connectivity index (χ0n) is 11.9. The normalized spacial score (nSPS) is 24.6. The van der Waals surface area contributed by atoms with Crippen molar-refractivity contribution in [3.05, 3.63) is 12.4 Å². The van der Waals surface area contributed by atoms with Crippen molar-refractivity contribution in [3.8, 4) is 0 Å². The fourth-order valence-corrected chi connectivity index (χ4v) is 4.15. The Bertz CT molecular complexity index is 529. The minimum atomic E-state index is -3.28. The standard InChI is InChI=1S/C12H22N4O3S/c1-11(2)3-8-20(18,19)16-6-4-12(17,10-16)9-15-7-5-13-14-15/h5,7,11,17H,3-4,6,8-10H2,1-2H3. The Balaban J connectivity index is 1.97. The summed E-state index contributed by atoms with van der Waals surface area (Å²) in [6.45, 7) is 4.77. The number of rotatable bonds is 6. The van der Waals surface area contributed by atoms with Crippen LogP contribution in [0.4, 0.5) is 0 Å². The van der Waals surface area contributed by atoms with E-state index in [-0.39, 0.29) is 18.8 Å². The summed E-state index contributed by atoms with van der Waals surface area (Å²) in [7, 11) is -3.28. The first-order chi connectivity index (χ1) is 9.31. The van der Waals surface area contributed by atoms with Gasteiger partial charge >= 0.3 is 0 Å². The molecule has 1 aromatic heterocycles. The Kier molecular flexibility index (Phi) is 4.46. The average molecular weight is 302 g/mol. The maximum Gasteiger partial charge on any atom is 0.214 e. The molecule has 2 heterocycles. The number of aromatic nitrogens is 3. The van der Waals surface area contributed by atoms with E-state index in [1.165, 1.54) is 15.2 Å². The van der Waals surface area contributed by atoms with Crippen LogP contribution in [0.3, 0.4) is 0 Å². The molecule has 1 aliphatic heterocycles. The van der Waals surface area contributed by atoms with Gasteiger partial charge in [0.15, 0.2) is 0 Å². The molecule has 2 rings (SSSR count). The van der Waals surface area contributed by atoms with E-state index < -0.39 is 15.6 Å². The van der Waals surface area contributed by atoms with E-state index >= 15 is 0 Å². The molecule has 8 heteroatoms. The van der Waals surface area contributed by atoms with Gasteiger partial charge in [0.25, 0.3) is 0 Å². The highest BCUT2D eigenvalue weighted by Gasteiger charge is 2.41. The van der Waals surface area contributed by atoms with Crippen molar-refractivity contribution in [2.45, 2.75) is 38.8 Å². The molecular weight excluding hydrogens is 280 g/mol. The highest BCUT2D eigenvalue weighted by Crippen LogP contribution is 2.26. The average Bonchev–Trinajstić information content (AvgIpc) is 2.97. The maximum absolute atomic E-state index is 12.2. The van der Waals surface area contributed by atoms with Gasteiger partial charge in [0, 0.05) is 19.3 Å². The van der Waals surface area contributed by atoms with Gasteiger partial charge in [0.1, 0.15) is 0 Å². The van der Waals surface area contributed by atoms with E-state index in [9.17, 15) is 13.5 Å². The molecule has 0 aromatic carbocycles. The SMILES string of the molecule is CC(C)CCS(=O)(=O)N1CCC(O)(Cn2ccnn2)C1. The van der Waals surface area contributed by atoms with Crippen LogP contribution >= 0.6 is 0 Å². The molecule has 0 saturated carbocycles. The largest absolute Gasteiger partial charge is 0.387 e. The summed E-state index contributed by atoms with van der Waals surface area (Å²) in [5.41, 5.74) is -1.06.